The third-order valence-corrected chi connectivity index (χ3v) is 2.69. The molecule has 5 nitrogen and oxygen atoms in total. The summed E-state index contributed by atoms with van der Waals surface area (Å²) in [6.07, 6.45) is 0.711. The van der Waals surface area contributed by atoms with E-state index in [0.717, 1.165) is 6.54 Å². The number of likely N-dealkylation sites (N-methyl/N-ethyl adjacent to an activating group) is 1. The van der Waals surface area contributed by atoms with Crippen molar-refractivity contribution in [2.45, 2.75) is 38.1 Å². The molecule has 1 saturated heterocycles. The molecule has 1 amide bonds. The average molecular weight is 201 g/mol. The molecular formula is C9H19N3O2. The third kappa shape index (κ3) is 2.94. The number of ether oxygens (including phenoxy) is 1. The molecule has 0 aliphatic carbocycles. The lowest BCUT2D eigenvalue weighted by Gasteiger charge is -2.34. The zero-order valence-corrected chi connectivity index (χ0v) is 8.99. The van der Waals surface area contributed by atoms with Gasteiger partial charge in [0.05, 0.1) is 24.3 Å². The molecule has 3 unspecified atom stereocenters. The zero-order valence-electron chi connectivity index (χ0n) is 8.99. The smallest absolute Gasteiger partial charge is 0.220 e. The monoisotopic (exact) mass is 201 g/mol. The number of primary amides is 1. The molecule has 3 atom stereocenters. The van der Waals surface area contributed by atoms with Crippen molar-refractivity contribution < 1.29 is 9.53 Å². The fourth-order valence-corrected chi connectivity index (χ4v) is 1.39. The molecule has 1 fully saturated rings. The predicted molar refractivity (Wildman–Crippen MR) is 53.4 cm³/mol. The first-order valence-corrected chi connectivity index (χ1v) is 4.77. The summed E-state index contributed by atoms with van der Waals surface area (Å²) in [6.45, 7) is 4.55. The number of nitrogens with zero attached hydrogens (tertiary/aromatic N) is 1. The van der Waals surface area contributed by atoms with Crippen LogP contribution in [0.4, 0.5) is 0 Å². The number of carbonyl (C=O) groups excluding carboxylic acids is 1. The Morgan fingerprint density at radius 3 is 2.50 bits per heavy atom. The second kappa shape index (κ2) is 3.84. The number of epoxide rings is 1. The Bertz CT molecular complexity index is 230. The summed E-state index contributed by atoms with van der Waals surface area (Å²) in [7, 11) is 1.87. The predicted octanol–water partition coefficient (Wildman–Crippen LogP) is -0.744. The molecule has 82 valence electrons. The molecule has 0 radical (unpaired) electrons. The van der Waals surface area contributed by atoms with Gasteiger partial charge in [0.1, 0.15) is 0 Å². The van der Waals surface area contributed by atoms with Gasteiger partial charge in [-0.3, -0.25) is 9.69 Å². The Morgan fingerprint density at radius 2 is 2.14 bits per heavy atom. The van der Waals surface area contributed by atoms with E-state index in [9.17, 15) is 4.79 Å². The van der Waals surface area contributed by atoms with Crippen LogP contribution >= 0.6 is 0 Å². The van der Waals surface area contributed by atoms with Crippen LogP contribution < -0.4 is 11.5 Å². The van der Waals surface area contributed by atoms with Gasteiger partial charge in [-0.1, -0.05) is 0 Å². The van der Waals surface area contributed by atoms with Crippen molar-refractivity contribution in [2.24, 2.45) is 11.5 Å². The maximum atomic E-state index is 10.8. The summed E-state index contributed by atoms with van der Waals surface area (Å²) >= 11 is 0. The summed E-state index contributed by atoms with van der Waals surface area (Å²) in [5, 5.41) is 0. The highest BCUT2D eigenvalue weighted by molar-refractivity contribution is 5.74. The first-order valence-electron chi connectivity index (χ1n) is 4.77. The lowest BCUT2D eigenvalue weighted by molar-refractivity contribution is -0.120. The molecular weight excluding hydrogens is 182 g/mol. The van der Waals surface area contributed by atoms with Gasteiger partial charge >= 0.3 is 0 Å². The number of rotatable bonds is 5. The minimum absolute atomic E-state index is 0.157. The Balaban J connectivity index is 2.40. The van der Waals surface area contributed by atoms with Gasteiger partial charge in [-0.25, -0.2) is 0 Å². The minimum Gasteiger partial charge on any atom is -0.370 e. The van der Waals surface area contributed by atoms with Gasteiger partial charge in [0.25, 0.3) is 0 Å². The highest BCUT2D eigenvalue weighted by atomic mass is 16.6. The molecule has 5 heteroatoms. The molecule has 0 bridgehead atoms. The lowest BCUT2D eigenvalue weighted by Crippen LogP contribution is -2.55. The van der Waals surface area contributed by atoms with E-state index in [2.05, 4.69) is 0 Å². The van der Waals surface area contributed by atoms with Crippen LogP contribution in [0.2, 0.25) is 0 Å². The van der Waals surface area contributed by atoms with Crippen LogP contribution in [0.15, 0.2) is 0 Å². The fraction of sp³-hybridized carbons (Fsp3) is 0.889. The van der Waals surface area contributed by atoms with E-state index < -0.39 is 5.66 Å². The first-order chi connectivity index (χ1) is 6.33. The van der Waals surface area contributed by atoms with Gasteiger partial charge < -0.3 is 16.2 Å². The minimum atomic E-state index is -0.683. The van der Waals surface area contributed by atoms with Crippen LogP contribution in [0.5, 0.6) is 0 Å². The van der Waals surface area contributed by atoms with Crippen LogP contribution in [0.25, 0.3) is 0 Å². The van der Waals surface area contributed by atoms with Crippen molar-refractivity contribution in [3.8, 4) is 0 Å². The van der Waals surface area contributed by atoms with Crippen molar-refractivity contribution in [1.29, 1.82) is 0 Å². The lowest BCUT2D eigenvalue weighted by atomic mass is 10.1. The molecule has 0 aromatic heterocycles. The zero-order chi connectivity index (χ0) is 10.9. The van der Waals surface area contributed by atoms with Gasteiger partial charge in [0.15, 0.2) is 0 Å². The number of carbonyl (C=O) groups is 1. The molecule has 14 heavy (non-hydrogen) atoms. The normalized spacial score (nSPS) is 30.1. The van der Waals surface area contributed by atoms with E-state index in [1.165, 1.54) is 0 Å². The van der Waals surface area contributed by atoms with Crippen LogP contribution in [0, 0.1) is 0 Å². The van der Waals surface area contributed by atoms with Crippen molar-refractivity contribution in [1.82, 2.24) is 4.90 Å². The third-order valence-electron chi connectivity index (χ3n) is 2.69. The number of hydrogen-bond acceptors (Lipinski definition) is 4. The summed E-state index contributed by atoms with van der Waals surface area (Å²) in [6, 6.07) is 0. The molecule has 0 aromatic carbocycles. The highest BCUT2D eigenvalue weighted by Crippen LogP contribution is 2.23. The summed E-state index contributed by atoms with van der Waals surface area (Å²) < 4.78 is 5.27. The summed E-state index contributed by atoms with van der Waals surface area (Å²) in [5.41, 5.74) is 10.4. The Morgan fingerprint density at radius 1 is 1.64 bits per heavy atom. The molecule has 1 heterocycles. The van der Waals surface area contributed by atoms with E-state index in [-0.39, 0.29) is 18.4 Å². The van der Waals surface area contributed by atoms with Gasteiger partial charge in [-0.05, 0) is 20.9 Å². The molecule has 0 spiro atoms. The molecule has 1 rings (SSSR count). The van der Waals surface area contributed by atoms with E-state index in [0.29, 0.717) is 6.10 Å². The molecule has 1 aliphatic heterocycles. The topological polar surface area (TPSA) is 84.9 Å². The molecule has 0 aromatic rings. The standard InChI is InChI=1S/C9H19N3O2/c1-6-7(14-6)5-12(3)9(2,11)4-8(10)13/h6-7H,4-5,11H2,1-3H3,(H2,10,13). The van der Waals surface area contributed by atoms with Gasteiger partial charge in [0.2, 0.25) is 5.91 Å². The average Bonchev–Trinajstić information content (AvgIpc) is 2.63. The van der Waals surface area contributed by atoms with Gasteiger partial charge in [-0.15, -0.1) is 0 Å². The summed E-state index contributed by atoms with van der Waals surface area (Å²) in [4.78, 5) is 12.7. The van der Waals surface area contributed by atoms with Crippen molar-refractivity contribution in [3.05, 3.63) is 0 Å². The SMILES string of the molecule is CC1OC1CN(C)C(C)(N)CC(N)=O. The highest BCUT2D eigenvalue weighted by Gasteiger charge is 2.38. The fourth-order valence-electron chi connectivity index (χ4n) is 1.39. The van der Waals surface area contributed by atoms with Gasteiger partial charge in [-0.2, -0.15) is 0 Å². The van der Waals surface area contributed by atoms with Crippen molar-refractivity contribution >= 4 is 5.91 Å². The van der Waals surface area contributed by atoms with E-state index >= 15 is 0 Å². The van der Waals surface area contributed by atoms with Crippen LogP contribution in [0.1, 0.15) is 20.3 Å². The van der Waals surface area contributed by atoms with Crippen molar-refractivity contribution in [2.75, 3.05) is 13.6 Å². The Hall–Kier alpha value is -0.650. The molecule has 1 aliphatic rings. The number of hydrogen-bond donors (Lipinski definition) is 2. The van der Waals surface area contributed by atoms with Crippen LogP contribution in [-0.4, -0.2) is 42.3 Å². The largest absolute Gasteiger partial charge is 0.370 e. The van der Waals surface area contributed by atoms with Crippen LogP contribution in [0.3, 0.4) is 0 Å². The Labute approximate surface area is 84.4 Å². The van der Waals surface area contributed by atoms with E-state index in [1.54, 1.807) is 6.92 Å². The second-order valence-electron chi connectivity index (χ2n) is 4.26. The molecule has 4 N–H and O–H groups in total. The van der Waals surface area contributed by atoms with E-state index in [4.69, 9.17) is 16.2 Å². The van der Waals surface area contributed by atoms with E-state index in [1.807, 2.05) is 18.9 Å². The number of nitrogens with two attached hydrogens (primary N) is 2. The summed E-state index contributed by atoms with van der Waals surface area (Å²) in [5.74, 6) is -0.383. The van der Waals surface area contributed by atoms with Crippen LogP contribution in [-0.2, 0) is 9.53 Å². The quantitative estimate of drug-likeness (QED) is 0.453. The van der Waals surface area contributed by atoms with Gasteiger partial charge in [0, 0.05) is 6.54 Å². The molecule has 0 saturated carbocycles. The number of amides is 1. The maximum Gasteiger partial charge on any atom is 0.220 e. The van der Waals surface area contributed by atoms with Crippen molar-refractivity contribution in [3.63, 3.8) is 0 Å². The Kier molecular flexibility index (Phi) is 3.14. The second-order valence-corrected chi connectivity index (χ2v) is 4.26. The maximum absolute atomic E-state index is 10.8. The first kappa shape index (κ1) is 11.4.